The third-order valence-corrected chi connectivity index (χ3v) is 5.75. The molecule has 0 spiro atoms. The fourth-order valence-corrected chi connectivity index (χ4v) is 3.82. The number of nitrogens with one attached hydrogen (secondary N) is 1. The second-order valence-corrected chi connectivity index (χ2v) is 9.12. The number of rotatable bonds is 4. The van der Waals surface area contributed by atoms with E-state index in [9.17, 15) is 4.79 Å². The van der Waals surface area contributed by atoms with Gasteiger partial charge in [0.1, 0.15) is 5.01 Å². The molecule has 0 radical (unpaired) electrons. The van der Waals surface area contributed by atoms with Gasteiger partial charge in [-0.3, -0.25) is 14.7 Å². The number of hydrogen-bond donors (Lipinski definition) is 2. The third kappa shape index (κ3) is 6.02. The molecular formula is C18H33IN6OS. The van der Waals surface area contributed by atoms with Crippen LogP contribution in [0.15, 0.2) is 10.4 Å². The summed E-state index contributed by atoms with van der Waals surface area (Å²) < 4.78 is 0. The van der Waals surface area contributed by atoms with Crippen molar-refractivity contribution < 1.29 is 4.79 Å². The molecule has 9 heteroatoms. The molecule has 0 aliphatic carbocycles. The first-order valence-corrected chi connectivity index (χ1v) is 9.89. The normalized spacial score (nSPS) is 16.8. The first kappa shape index (κ1) is 24.1. The standard InChI is InChI=1S/C18H32N6OS.HI/c1-17(2,3)13-12-26-14(22-13)11-21-16(20-6)23-7-9-24(10-8-23)18(4,5)15(19)25;/h12H,7-11H2,1-6H3,(H2,19,25)(H,20,21);1H. The van der Waals surface area contributed by atoms with E-state index in [1.165, 1.54) is 0 Å². The predicted molar refractivity (Wildman–Crippen MR) is 123 cm³/mol. The number of thiazole rings is 1. The first-order chi connectivity index (χ1) is 12.1. The minimum absolute atomic E-state index is 0. The second-order valence-electron chi connectivity index (χ2n) is 8.17. The van der Waals surface area contributed by atoms with Crippen molar-refractivity contribution in [2.24, 2.45) is 10.7 Å². The second kappa shape index (κ2) is 9.51. The molecule has 1 saturated heterocycles. The number of carbonyl (C=O) groups excluding carboxylic acids is 1. The summed E-state index contributed by atoms with van der Waals surface area (Å²) in [6.07, 6.45) is 0. The fraction of sp³-hybridized carbons (Fsp3) is 0.722. The smallest absolute Gasteiger partial charge is 0.237 e. The molecule has 7 nitrogen and oxygen atoms in total. The zero-order valence-electron chi connectivity index (χ0n) is 17.2. The van der Waals surface area contributed by atoms with Gasteiger partial charge in [-0.05, 0) is 13.8 Å². The Balaban J connectivity index is 0.00000364. The molecule has 1 amide bonds. The van der Waals surface area contributed by atoms with Crippen LogP contribution >= 0.6 is 35.3 Å². The molecule has 2 heterocycles. The third-order valence-electron chi connectivity index (χ3n) is 4.90. The van der Waals surface area contributed by atoms with Crippen molar-refractivity contribution in [2.75, 3.05) is 33.2 Å². The van der Waals surface area contributed by atoms with E-state index >= 15 is 0 Å². The lowest BCUT2D eigenvalue weighted by molar-refractivity contribution is -0.129. The highest BCUT2D eigenvalue weighted by Gasteiger charge is 2.35. The van der Waals surface area contributed by atoms with E-state index in [4.69, 9.17) is 10.7 Å². The summed E-state index contributed by atoms with van der Waals surface area (Å²) >= 11 is 1.68. The molecule has 0 saturated carbocycles. The molecule has 0 unspecified atom stereocenters. The Morgan fingerprint density at radius 2 is 1.85 bits per heavy atom. The molecule has 1 aliphatic heterocycles. The number of amides is 1. The molecule has 154 valence electrons. The van der Waals surface area contributed by atoms with Gasteiger partial charge in [-0.25, -0.2) is 4.98 Å². The van der Waals surface area contributed by atoms with Crippen LogP contribution < -0.4 is 11.1 Å². The highest BCUT2D eigenvalue weighted by atomic mass is 127. The summed E-state index contributed by atoms with van der Waals surface area (Å²) in [4.78, 5) is 25.1. The molecule has 0 aromatic carbocycles. The van der Waals surface area contributed by atoms with E-state index in [-0.39, 0.29) is 35.3 Å². The molecule has 1 fully saturated rings. The van der Waals surface area contributed by atoms with Crippen LogP contribution in [-0.4, -0.2) is 65.4 Å². The van der Waals surface area contributed by atoms with E-state index < -0.39 is 5.54 Å². The van der Waals surface area contributed by atoms with Gasteiger partial charge in [0.15, 0.2) is 5.96 Å². The Labute approximate surface area is 183 Å². The van der Waals surface area contributed by atoms with Gasteiger partial charge >= 0.3 is 0 Å². The number of carbonyl (C=O) groups is 1. The minimum Gasteiger partial charge on any atom is -0.368 e. The molecule has 27 heavy (non-hydrogen) atoms. The fourth-order valence-electron chi connectivity index (χ4n) is 2.86. The Kier molecular flexibility index (Phi) is 8.49. The lowest BCUT2D eigenvalue weighted by Gasteiger charge is -2.43. The molecule has 3 N–H and O–H groups in total. The quantitative estimate of drug-likeness (QED) is 0.369. The lowest BCUT2D eigenvalue weighted by Crippen LogP contribution is -2.61. The number of nitrogens with zero attached hydrogens (tertiary/aromatic N) is 4. The highest BCUT2D eigenvalue weighted by molar-refractivity contribution is 14.0. The zero-order chi connectivity index (χ0) is 19.5. The molecule has 1 aromatic heterocycles. The number of primary amides is 1. The summed E-state index contributed by atoms with van der Waals surface area (Å²) in [5, 5.41) is 6.60. The van der Waals surface area contributed by atoms with Crippen LogP contribution in [0.25, 0.3) is 0 Å². The molecule has 1 aliphatic rings. The summed E-state index contributed by atoms with van der Waals surface area (Å²) in [5.74, 6) is 0.584. The van der Waals surface area contributed by atoms with Crippen molar-refractivity contribution in [2.45, 2.75) is 52.1 Å². The van der Waals surface area contributed by atoms with Crippen LogP contribution in [0.1, 0.15) is 45.3 Å². The van der Waals surface area contributed by atoms with Gasteiger partial charge in [-0.2, -0.15) is 0 Å². The van der Waals surface area contributed by atoms with E-state index in [1.807, 2.05) is 13.8 Å². The maximum atomic E-state index is 11.6. The van der Waals surface area contributed by atoms with Gasteiger partial charge in [0.2, 0.25) is 5.91 Å². The summed E-state index contributed by atoms with van der Waals surface area (Å²) in [6.45, 7) is 14.1. The number of halogens is 1. The van der Waals surface area contributed by atoms with Gasteiger partial charge in [0, 0.05) is 44.0 Å². The monoisotopic (exact) mass is 508 g/mol. The largest absolute Gasteiger partial charge is 0.368 e. The topological polar surface area (TPSA) is 86.8 Å². The number of nitrogens with two attached hydrogens (primary N) is 1. The Hall–Kier alpha value is -0.940. The highest BCUT2D eigenvalue weighted by Crippen LogP contribution is 2.23. The van der Waals surface area contributed by atoms with Crippen LogP contribution in [0.2, 0.25) is 0 Å². The van der Waals surface area contributed by atoms with E-state index in [0.717, 1.165) is 42.8 Å². The van der Waals surface area contributed by atoms with Crippen LogP contribution in [-0.2, 0) is 16.8 Å². The average molecular weight is 508 g/mol. The van der Waals surface area contributed by atoms with Gasteiger partial charge < -0.3 is 16.0 Å². The van der Waals surface area contributed by atoms with Crippen LogP contribution in [0, 0.1) is 0 Å². The van der Waals surface area contributed by atoms with Crippen LogP contribution in [0.4, 0.5) is 0 Å². The van der Waals surface area contributed by atoms with Crippen molar-refractivity contribution >= 4 is 47.2 Å². The summed E-state index contributed by atoms with van der Waals surface area (Å²) in [5.41, 5.74) is 6.10. The van der Waals surface area contributed by atoms with Crippen LogP contribution in [0.5, 0.6) is 0 Å². The summed E-state index contributed by atoms with van der Waals surface area (Å²) in [7, 11) is 1.80. The average Bonchev–Trinajstić information content (AvgIpc) is 3.05. The molecular weight excluding hydrogens is 475 g/mol. The zero-order valence-corrected chi connectivity index (χ0v) is 20.4. The molecule has 2 rings (SSSR count). The van der Waals surface area contributed by atoms with Crippen molar-refractivity contribution in [3.8, 4) is 0 Å². The van der Waals surface area contributed by atoms with Crippen LogP contribution in [0.3, 0.4) is 0 Å². The number of hydrogen-bond acceptors (Lipinski definition) is 5. The van der Waals surface area contributed by atoms with Gasteiger partial charge in [-0.15, -0.1) is 35.3 Å². The minimum atomic E-state index is -0.618. The van der Waals surface area contributed by atoms with Crippen molar-refractivity contribution in [1.82, 2.24) is 20.1 Å². The van der Waals surface area contributed by atoms with E-state index in [2.05, 4.69) is 46.3 Å². The maximum Gasteiger partial charge on any atom is 0.237 e. The van der Waals surface area contributed by atoms with Crippen molar-refractivity contribution in [1.29, 1.82) is 0 Å². The molecule has 1 aromatic rings. The first-order valence-electron chi connectivity index (χ1n) is 9.01. The van der Waals surface area contributed by atoms with Crippen molar-refractivity contribution in [3.63, 3.8) is 0 Å². The maximum absolute atomic E-state index is 11.6. The Morgan fingerprint density at radius 3 is 2.30 bits per heavy atom. The SMILES string of the molecule is CN=C(NCc1nc(C(C)(C)C)cs1)N1CCN(C(C)(C)C(N)=O)CC1.I. The Morgan fingerprint density at radius 1 is 1.26 bits per heavy atom. The van der Waals surface area contributed by atoms with E-state index in [1.54, 1.807) is 18.4 Å². The number of aliphatic imine (C=N–C) groups is 1. The Bertz CT molecular complexity index is 659. The number of guanidine groups is 1. The summed E-state index contributed by atoms with van der Waals surface area (Å²) in [6, 6.07) is 0. The van der Waals surface area contributed by atoms with Gasteiger partial charge in [0.05, 0.1) is 17.8 Å². The van der Waals surface area contributed by atoms with Crippen molar-refractivity contribution in [3.05, 3.63) is 16.1 Å². The van der Waals surface area contributed by atoms with Gasteiger partial charge in [-0.1, -0.05) is 20.8 Å². The van der Waals surface area contributed by atoms with E-state index in [0.29, 0.717) is 6.54 Å². The predicted octanol–water partition coefficient (Wildman–Crippen LogP) is 2.02. The lowest BCUT2D eigenvalue weighted by atomic mass is 9.93. The number of piperazine rings is 1. The molecule has 0 bridgehead atoms. The number of aromatic nitrogens is 1. The molecule has 0 atom stereocenters. The van der Waals surface area contributed by atoms with Gasteiger partial charge in [0.25, 0.3) is 0 Å².